The van der Waals surface area contributed by atoms with Crippen molar-refractivity contribution in [2.45, 2.75) is 12.0 Å². The van der Waals surface area contributed by atoms with Crippen molar-refractivity contribution in [1.29, 1.82) is 0 Å². The first-order valence-electron chi connectivity index (χ1n) is 3.36. The van der Waals surface area contributed by atoms with Gasteiger partial charge in [0.25, 0.3) is 0 Å². The molecule has 0 radical (unpaired) electrons. The topological polar surface area (TPSA) is 72.6 Å². The van der Waals surface area contributed by atoms with Crippen LogP contribution in [0, 0.1) is 5.92 Å². The molecule has 3 N–H and O–H groups in total. The number of hydrogen-bond donors (Lipinski definition) is 2. The molecule has 1 rings (SSSR count). The van der Waals surface area contributed by atoms with E-state index < -0.39 is 11.7 Å². The van der Waals surface area contributed by atoms with Gasteiger partial charge >= 0.3 is 6.09 Å². The molecule has 4 heteroatoms. The van der Waals surface area contributed by atoms with E-state index in [9.17, 15) is 4.79 Å². The highest BCUT2D eigenvalue weighted by Gasteiger charge is 2.55. The van der Waals surface area contributed by atoms with Crippen LogP contribution in [0.5, 0.6) is 0 Å². The Morgan fingerprint density at radius 1 is 2.00 bits per heavy atom. The van der Waals surface area contributed by atoms with Crippen molar-refractivity contribution in [3.05, 3.63) is 12.7 Å². The lowest BCUT2D eigenvalue weighted by molar-refractivity contribution is 0.0396. The molecular formula is C7H11NO3. The van der Waals surface area contributed by atoms with E-state index in [0.717, 1.165) is 0 Å². The van der Waals surface area contributed by atoms with E-state index in [0.29, 0.717) is 6.42 Å². The van der Waals surface area contributed by atoms with E-state index in [2.05, 4.69) is 6.58 Å². The maximum atomic E-state index is 10.3. The molecule has 1 amide bonds. The number of nitrogens with two attached hydrogens (primary N) is 1. The van der Waals surface area contributed by atoms with Gasteiger partial charge in [0, 0.05) is 12.3 Å². The number of hydrogen-bond acceptors (Lipinski definition) is 3. The van der Waals surface area contributed by atoms with Gasteiger partial charge in [-0.2, -0.15) is 0 Å². The summed E-state index contributed by atoms with van der Waals surface area (Å²) in [4.78, 5) is 10.3. The Kier molecular flexibility index (Phi) is 1.87. The van der Waals surface area contributed by atoms with Crippen molar-refractivity contribution in [2.75, 3.05) is 6.61 Å². The predicted molar refractivity (Wildman–Crippen MR) is 38.8 cm³/mol. The third-order valence-corrected chi connectivity index (χ3v) is 1.94. The van der Waals surface area contributed by atoms with E-state index in [1.54, 1.807) is 6.08 Å². The van der Waals surface area contributed by atoms with Crippen LogP contribution in [-0.2, 0) is 4.74 Å². The molecule has 0 aromatic rings. The molecule has 1 aliphatic rings. The molecule has 0 saturated heterocycles. The molecule has 2 atom stereocenters. The summed E-state index contributed by atoms with van der Waals surface area (Å²) in [6, 6.07) is 0. The van der Waals surface area contributed by atoms with Gasteiger partial charge in [0.05, 0.1) is 6.61 Å². The maximum absolute atomic E-state index is 10.3. The van der Waals surface area contributed by atoms with Gasteiger partial charge < -0.3 is 15.6 Å². The van der Waals surface area contributed by atoms with Crippen molar-refractivity contribution in [3.63, 3.8) is 0 Å². The molecule has 0 heterocycles. The Bertz CT molecular complexity index is 192. The fraction of sp³-hybridized carbons (Fsp3) is 0.571. The van der Waals surface area contributed by atoms with Crippen molar-refractivity contribution in [2.24, 2.45) is 11.7 Å². The monoisotopic (exact) mass is 157 g/mol. The number of rotatable bonds is 3. The summed E-state index contributed by atoms with van der Waals surface area (Å²) in [7, 11) is 0. The Balaban J connectivity index is 2.52. The zero-order valence-electron chi connectivity index (χ0n) is 6.12. The first kappa shape index (κ1) is 8.07. The second-order valence-corrected chi connectivity index (χ2v) is 2.69. The minimum atomic E-state index is -0.844. The Labute approximate surface area is 64.6 Å². The van der Waals surface area contributed by atoms with Crippen LogP contribution in [-0.4, -0.2) is 23.4 Å². The van der Waals surface area contributed by atoms with Crippen molar-refractivity contribution in [3.8, 4) is 0 Å². The van der Waals surface area contributed by atoms with Crippen LogP contribution in [0.3, 0.4) is 0 Å². The zero-order chi connectivity index (χ0) is 8.48. The average molecular weight is 157 g/mol. The first-order chi connectivity index (χ1) is 5.14. The standard InChI is InChI=1S/C7H11NO3/c1-2-5-3-7(5,4-9)11-6(8)10/h2,5,9H,1,3-4H2,(H2,8,10)/t5-,7+/m1/s1. The van der Waals surface area contributed by atoms with Crippen LogP contribution >= 0.6 is 0 Å². The highest BCUT2D eigenvalue weighted by Crippen LogP contribution is 2.47. The lowest BCUT2D eigenvalue weighted by Gasteiger charge is -2.12. The van der Waals surface area contributed by atoms with Gasteiger partial charge in [0.1, 0.15) is 5.60 Å². The molecule has 0 aliphatic heterocycles. The summed E-state index contributed by atoms with van der Waals surface area (Å²) in [6.45, 7) is 3.34. The van der Waals surface area contributed by atoms with Gasteiger partial charge in [-0.15, -0.1) is 6.58 Å². The third kappa shape index (κ3) is 1.35. The Morgan fingerprint density at radius 3 is 2.91 bits per heavy atom. The van der Waals surface area contributed by atoms with Crippen LogP contribution in [0.1, 0.15) is 6.42 Å². The largest absolute Gasteiger partial charge is 0.440 e. The smallest absolute Gasteiger partial charge is 0.405 e. The number of carbonyl (C=O) groups excluding carboxylic acids is 1. The van der Waals surface area contributed by atoms with Gasteiger partial charge in [-0.3, -0.25) is 0 Å². The van der Waals surface area contributed by atoms with Crippen LogP contribution < -0.4 is 5.73 Å². The maximum Gasteiger partial charge on any atom is 0.405 e. The molecule has 0 spiro atoms. The molecular weight excluding hydrogens is 146 g/mol. The molecule has 0 aromatic heterocycles. The number of carbonyl (C=O) groups is 1. The van der Waals surface area contributed by atoms with Crippen LogP contribution in [0.25, 0.3) is 0 Å². The normalized spacial score (nSPS) is 34.5. The molecule has 1 aliphatic carbocycles. The van der Waals surface area contributed by atoms with Gasteiger partial charge in [0.15, 0.2) is 0 Å². The predicted octanol–water partition coefficient (Wildman–Crippen LogP) is 0.0187. The number of aliphatic hydroxyl groups excluding tert-OH is 1. The van der Waals surface area contributed by atoms with Crippen molar-refractivity contribution < 1.29 is 14.6 Å². The van der Waals surface area contributed by atoms with Gasteiger partial charge in [-0.1, -0.05) is 6.08 Å². The molecule has 0 aromatic carbocycles. The van der Waals surface area contributed by atoms with E-state index in [4.69, 9.17) is 15.6 Å². The highest BCUT2D eigenvalue weighted by atomic mass is 16.6. The van der Waals surface area contributed by atoms with E-state index in [1.165, 1.54) is 0 Å². The minimum absolute atomic E-state index is 0.0556. The fourth-order valence-corrected chi connectivity index (χ4v) is 1.14. The lowest BCUT2D eigenvalue weighted by atomic mass is 10.3. The summed E-state index contributed by atoms with van der Waals surface area (Å²) in [5.74, 6) is 0.0556. The second kappa shape index (κ2) is 2.54. The van der Waals surface area contributed by atoms with E-state index in [-0.39, 0.29) is 12.5 Å². The molecule has 1 saturated carbocycles. The van der Waals surface area contributed by atoms with Crippen LogP contribution in [0.15, 0.2) is 12.7 Å². The number of ether oxygens (including phenoxy) is 1. The second-order valence-electron chi connectivity index (χ2n) is 2.69. The highest BCUT2D eigenvalue weighted by molar-refractivity contribution is 5.65. The van der Waals surface area contributed by atoms with Crippen LogP contribution in [0.4, 0.5) is 4.79 Å². The molecule has 1 fully saturated rings. The van der Waals surface area contributed by atoms with Gasteiger partial charge in [-0.05, 0) is 0 Å². The summed E-state index contributed by atoms with van der Waals surface area (Å²) in [5, 5.41) is 8.83. The molecule has 0 bridgehead atoms. The molecule has 11 heavy (non-hydrogen) atoms. The van der Waals surface area contributed by atoms with Gasteiger partial charge in [0.2, 0.25) is 0 Å². The Morgan fingerprint density at radius 2 is 2.64 bits per heavy atom. The van der Waals surface area contributed by atoms with E-state index >= 15 is 0 Å². The minimum Gasteiger partial charge on any atom is -0.440 e. The van der Waals surface area contributed by atoms with Crippen molar-refractivity contribution in [1.82, 2.24) is 0 Å². The molecule has 62 valence electrons. The third-order valence-electron chi connectivity index (χ3n) is 1.94. The fourth-order valence-electron chi connectivity index (χ4n) is 1.14. The number of primary amides is 1. The summed E-state index contributed by atoms with van der Waals surface area (Å²) in [5.41, 5.74) is 4.05. The summed E-state index contributed by atoms with van der Waals surface area (Å²) < 4.78 is 4.72. The SMILES string of the molecule is C=C[C@@H]1C[C@@]1(CO)OC(N)=O. The van der Waals surface area contributed by atoms with Gasteiger partial charge in [-0.25, -0.2) is 4.79 Å². The van der Waals surface area contributed by atoms with Crippen LogP contribution in [0.2, 0.25) is 0 Å². The lowest BCUT2D eigenvalue weighted by Crippen LogP contribution is -2.29. The Hall–Kier alpha value is -1.03. The number of amides is 1. The quantitative estimate of drug-likeness (QED) is 0.567. The van der Waals surface area contributed by atoms with Crippen molar-refractivity contribution >= 4 is 6.09 Å². The van der Waals surface area contributed by atoms with E-state index in [1.807, 2.05) is 0 Å². The first-order valence-corrected chi connectivity index (χ1v) is 3.36. The molecule has 0 unspecified atom stereocenters. The number of aliphatic hydroxyl groups is 1. The summed E-state index contributed by atoms with van der Waals surface area (Å²) in [6.07, 6.45) is 1.43. The summed E-state index contributed by atoms with van der Waals surface area (Å²) >= 11 is 0. The molecule has 4 nitrogen and oxygen atoms in total. The average Bonchev–Trinajstić information content (AvgIpc) is 2.62. The zero-order valence-corrected chi connectivity index (χ0v) is 6.12.